The number of carbonyl (C=O) groups is 1. The molecule has 5 heterocycles. The van der Waals surface area contributed by atoms with Crippen molar-refractivity contribution in [1.29, 1.82) is 0 Å². The standard InChI is InChI=1S/C21H21BrFN6O8P/c1-9-15-13(11(5-25-9)7-34-10(2)30)6-26-38(33,37-15)35-8-14-16(31)21(22,23)19(36-14)29-4-3-12-17(29)27-20(24)28-18(12)32/h3-5,19,31H,6-8H2,1-2H3,(H,26,33)(H3,24,27,28,32)/t19-,21?,38?/m1/s1. The number of aromatic amines is 1. The fourth-order valence-corrected chi connectivity index (χ4v) is 5.85. The summed E-state index contributed by atoms with van der Waals surface area (Å²) in [5, 5.41) is 13.3. The number of aromatic nitrogens is 4. The van der Waals surface area contributed by atoms with E-state index in [1.54, 1.807) is 6.92 Å². The number of esters is 1. The summed E-state index contributed by atoms with van der Waals surface area (Å²) < 4.78 is 49.1. The molecule has 0 radical (unpaired) electrons. The molecule has 0 bridgehead atoms. The second kappa shape index (κ2) is 9.38. The van der Waals surface area contributed by atoms with Crippen LogP contribution < -0.4 is 20.9 Å². The van der Waals surface area contributed by atoms with Crippen molar-refractivity contribution in [1.82, 2.24) is 24.6 Å². The van der Waals surface area contributed by atoms with E-state index < -0.39 is 42.4 Å². The minimum absolute atomic E-state index is 0.0157. The fourth-order valence-electron chi connectivity index (χ4n) is 3.99. The van der Waals surface area contributed by atoms with Crippen LogP contribution in [0.1, 0.15) is 30.0 Å². The molecular formula is C21H21BrFN6O8P. The van der Waals surface area contributed by atoms with Gasteiger partial charge in [-0.15, -0.1) is 0 Å². The third-order valence-corrected chi connectivity index (χ3v) is 8.06. The van der Waals surface area contributed by atoms with Crippen molar-refractivity contribution in [2.24, 2.45) is 0 Å². The highest BCUT2D eigenvalue weighted by molar-refractivity contribution is 9.10. The third-order valence-electron chi connectivity index (χ3n) is 5.86. The number of hydrogen-bond acceptors (Lipinski definition) is 11. The number of carbonyl (C=O) groups excluding carboxylic acids is 1. The first-order chi connectivity index (χ1) is 17.9. The second-order valence-corrected chi connectivity index (χ2v) is 11.3. The largest absolute Gasteiger partial charge is 0.505 e. The van der Waals surface area contributed by atoms with Gasteiger partial charge in [-0.3, -0.25) is 28.6 Å². The molecule has 0 amide bonds. The molecule has 202 valence electrons. The number of anilines is 1. The van der Waals surface area contributed by atoms with Gasteiger partial charge in [0.05, 0.1) is 11.1 Å². The predicted octanol–water partition coefficient (Wildman–Crippen LogP) is 2.74. The molecule has 5 N–H and O–H groups in total. The number of alkyl halides is 2. The lowest BCUT2D eigenvalue weighted by atomic mass is 10.1. The highest BCUT2D eigenvalue weighted by Gasteiger charge is 2.53. The van der Waals surface area contributed by atoms with E-state index in [4.69, 9.17) is 24.3 Å². The van der Waals surface area contributed by atoms with Gasteiger partial charge < -0.3 is 24.8 Å². The van der Waals surface area contributed by atoms with Crippen LogP contribution in [0, 0.1) is 6.92 Å². The van der Waals surface area contributed by atoms with Gasteiger partial charge in [-0.05, 0) is 28.9 Å². The highest BCUT2D eigenvalue weighted by atomic mass is 79.9. The summed E-state index contributed by atoms with van der Waals surface area (Å²) >= 11 is 2.82. The third kappa shape index (κ3) is 4.53. The average Bonchev–Trinajstić information content (AvgIpc) is 3.36. The van der Waals surface area contributed by atoms with Crippen molar-refractivity contribution in [3.8, 4) is 5.75 Å². The van der Waals surface area contributed by atoms with Gasteiger partial charge in [0.2, 0.25) is 12.2 Å². The van der Waals surface area contributed by atoms with Crippen LogP contribution in [0.3, 0.4) is 0 Å². The van der Waals surface area contributed by atoms with Crippen LogP contribution in [-0.2, 0) is 36.5 Å². The molecule has 17 heteroatoms. The van der Waals surface area contributed by atoms with Gasteiger partial charge in [0, 0.05) is 37.0 Å². The van der Waals surface area contributed by atoms with E-state index in [0.717, 1.165) is 0 Å². The summed E-state index contributed by atoms with van der Waals surface area (Å²) in [4.78, 5) is 33.9. The van der Waals surface area contributed by atoms with Gasteiger partial charge in [0.1, 0.15) is 13.2 Å². The van der Waals surface area contributed by atoms with E-state index in [1.165, 1.54) is 30.0 Å². The van der Waals surface area contributed by atoms with Crippen molar-refractivity contribution < 1.29 is 37.4 Å². The lowest BCUT2D eigenvalue weighted by Gasteiger charge is -2.28. The molecule has 14 nitrogen and oxygen atoms in total. The number of nitrogens with zero attached hydrogens (tertiary/aromatic N) is 3. The minimum Gasteiger partial charge on any atom is -0.505 e. The number of nitrogens with two attached hydrogens (primary N) is 1. The Kier molecular flexibility index (Phi) is 6.46. The number of pyridine rings is 1. The first-order valence-corrected chi connectivity index (χ1v) is 13.4. The molecule has 0 spiro atoms. The van der Waals surface area contributed by atoms with Gasteiger partial charge in [-0.1, -0.05) is 0 Å². The van der Waals surface area contributed by atoms with Crippen molar-refractivity contribution in [3.63, 3.8) is 0 Å². The number of aryl methyl sites for hydroxylation is 1. The first kappa shape index (κ1) is 26.2. The number of nitrogens with one attached hydrogen (secondary N) is 2. The molecule has 3 atom stereocenters. The van der Waals surface area contributed by atoms with Gasteiger partial charge in [-0.2, -0.15) is 4.98 Å². The molecule has 0 saturated carbocycles. The Bertz CT molecular complexity index is 1600. The Morgan fingerprint density at radius 2 is 2.24 bits per heavy atom. The van der Waals surface area contributed by atoms with Crippen LogP contribution in [0.25, 0.3) is 11.0 Å². The number of H-pyrrole nitrogens is 1. The van der Waals surface area contributed by atoms with E-state index in [9.17, 15) is 19.3 Å². The maximum atomic E-state index is 15.6. The second-order valence-electron chi connectivity index (χ2n) is 8.43. The number of aliphatic hydroxyl groups is 1. The molecule has 0 fully saturated rings. The van der Waals surface area contributed by atoms with E-state index in [1.807, 2.05) is 0 Å². The number of hydrogen-bond donors (Lipinski definition) is 4. The number of fused-ring (bicyclic) bond motifs is 2. The van der Waals surface area contributed by atoms with E-state index in [-0.39, 0.29) is 41.6 Å². The summed E-state index contributed by atoms with van der Waals surface area (Å²) in [5.41, 5.74) is 6.65. The van der Waals surface area contributed by atoms with Crippen LogP contribution in [0.5, 0.6) is 5.75 Å². The van der Waals surface area contributed by atoms with Gasteiger partial charge in [-0.25, -0.2) is 14.0 Å². The van der Waals surface area contributed by atoms with E-state index in [0.29, 0.717) is 16.8 Å². The zero-order valence-electron chi connectivity index (χ0n) is 19.9. The van der Waals surface area contributed by atoms with Gasteiger partial charge in [0.25, 0.3) is 10.1 Å². The minimum atomic E-state index is -4.03. The summed E-state index contributed by atoms with van der Waals surface area (Å²) in [5.74, 6) is -1.73. The molecular weight excluding hydrogens is 594 g/mol. The Balaban J connectivity index is 1.35. The van der Waals surface area contributed by atoms with Crippen molar-refractivity contribution in [2.75, 3.05) is 12.3 Å². The summed E-state index contributed by atoms with van der Waals surface area (Å²) in [6.45, 7) is 2.24. The SMILES string of the molecule is CC(=O)OCc1cnc(C)c2c1CNP(=O)(OCC1=C(O)C(F)(Br)[C@H](n3ccc4c(=O)[nH]c(N)nc43)O1)O2. The highest BCUT2D eigenvalue weighted by Crippen LogP contribution is 2.53. The van der Waals surface area contributed by atoms with Crippen LogP contribution in [0.2, 0.25) is 0 Å². The maximum Gasteiger partial charge on any atom is 0.459 e. The number of nitrogen functional groups attached to an aromatic ring is 1. The molecule has 2 aliphatic heterocycles. The summed E-state index contributed by atoms with van der Waals surface area (Å²) in [6.07, 6.45) is 1.31. The Morgan fingerprint density at radius 1 is 1.47 bits per heavy atom. The normalized spacial score (nSPS) is 24.7. The Hall–Kier alpha value is -3.46. The van der Waals surface area contributed by atoms with Crippen molar-refractivity contribution in [2.45, 2.75) is 37.8 Å². The summed E-state index contributed by atoms with van der Waals surface area (Å²) in [6, 6.07) is 1.39. The molecule has 38 heavy (non-hydrogen) atoms. The Morgan fingerprint density at radius 3 is 2.97 bits per heavy atom. The molecule has 0 aromatic carbocycles. The van der Waals surface area contributed by atoms with Crippen LogP contribution in [0.15, 0.2) is 34.8 Å². The quantitative estimate of drug-likeness (QED) is 0.180. The predicted molar refractivity (Wildman–Crippen MR) is 133 cm³/mol. The lowest BCUT2D eigenvalue weighted by Crippen LogP contribution is -2.28. The smallest absolute Gasteiger partial charge is 0.459 e. The zero-order chi connectivity index (χ0) is 27.4. The van der Waals surface area contributed by atoms with Gasteiger partial charge in [0.15, 0.2) is 22.9 Å². The topological polar surface area (TPSA) is 193 Å². The molecule has 0 aliphatic carbocycles. The van der Waals surface area contributed by atoms with Crippen LogP contribution >= 0.6 is 23.7 Å². The first-order valence-electron chi connectivity index (χ1n) is 11.0. The van der Waals surface area contributed by atoms with E-state index in [2.05, 4.69) is 36.0 Å². The number of aliphatic hydroxyl groups excluding tert-OH is 1. The lowest BCUT2D eigenvalue weighted by molar-refractivity contribution is -0.142. The van der Waals surface area contributed by atoms with Gasteiger partial charge >= 0.3 is 13.7 Å². The van der Waals surface area contributed by atoms with Crippen molar-refractivity contribution >= 4 is 46.6 Å². The van der Waals surface area contributed by atoms with Crippen molar-refractivity contribution in [3.05, 3.63) is 57.2 Å². The average molecular weight is 615 g/mol. The number of halogens is 2. The molecule has 5 rings (SSSR count). The van der Waals surface area contributed by atoms with Crippen LogP contribution in [0.4, 0.5) is 10.3 Å². The molecule has 0 saturated heterocycles. The van der Waals surface area contributed by atoms with E-state index >= 15 is 4.39 Å². The molecule has 3 aromatic heterocycles. The summed E-state index contributed by atoms with van der Waals surface area (Å²) in [7, 11) is -4.03. The molecule has 2 aliphatic rings. The molecule has 2 unspecified atom stereocenters. The fraction of sp³-hybridized carbons (Fsp3) is 0.333. The number of ether oxygens (including phenoxy) is 2. The maximum absolute atomic E-state index is 15.6. The zero-order valence-corrected chi connectivity index (χ0v) is 22.3. The Labute approximate surface area is 221 Å². The van der Waals surface area contributed by atoms with Crippen LogP contribution in [-0.4, -0.2) is 41.8 Å². The monoisotopic (exact) mass is 614 g/mol. The molecule has 3 aromatic rings. The number of rotatable bonds is 6.